The first-order chi connectivity index (χ1) is 21.0. The molecule has 0 radical (unpaired) electrons. The first kappa shape index (κ1) is 29.4. The van der Waals surface area contributed by atoms with Crippen molar-refractivity contribution in [1.82, 2.24) is 15.2 Å². The van der Waals surface area contributed by atoms with Gasteiger partial charge in [0.25, 0.3) is 11.5 Å². The number of carbonyl (C=O) groups is 1. The molecule has 0 atom stereocenters. The molecule has 1 amide bonds. The van der Waals surface area contributed by atoms with E-state index in [0.717, 1.165) is 99.9 Å². The van der Waals surface area contributed by atoms with Crippen LogP contribution in [0, 0.1) is 13.8 Å². The minimum Gasteiger partial charge on any atom is -0.490 e. The number of carbonyl (C=O) groups excluding carboxylic acids is 1. The summed E-state index contributed by atoms with van der Waals surface area (Å²) < 4.78 is 17.5. The molecule has 9 nitrogen and oxygen atoms in total. The lowest BCUT2D eigenvalue weighted by atomic mass is 9.97. The van der Waals surface area contributed by atoms with E-state index in [4.69, 9.17) is 14.2 Å². The maximum Gasteiger partial charge on any atom is 0.255 e. The van der Waals surface area contributed by atoms with Crippen LogP contribution in [0.25, 0.3) is 11.1 Å². The van der Waals surface area contributed by atoms with Crippen molar-refractivity contribution in [2.45, 2.75) is 52.2 Å². The minimum absolute atomic E-state index is 0.138. The Labute approximate surface area is 253 Å². The quantitative estimate of drug-likeness (QED) is 0.429. The zero-order valence-corrected chi connectivity index (χ0v) is 25.2. The van der Waals surface area contributed by atoms with Gasteiger partial charge < -0.3 is 29.4 Å². The fraction of sp³-hybridized carbons (Fsp3) is 0.471. The molecule has 228 valence electrons. The molecule has 3 aliphatic rings. The van der Waals surface area contributed by atoms with Crippen molar-refractivity contribution in [2.75, 3.05) is 57.6 Å². The topological polar surface area (TPSA) is 96.1 Å². The van der Waals surface area contributed by atoms with E-state index in [1.54, 1.807) is 0 Å². The summed E-state index contributed by atoms with van der Waals surface area (Å²) in [6.45, 7) is 11.1. The molecule has 9 heteroatoms. The van der Waals surface area contributed by atoms with Crippen LogP contribution < -0.4 is 20.5 Å². The van der Waals surface area contributed by atoms with Crippen LogP contribution in [-0.2, 0) is 22.6 Å². The molecule has 0 bridgehead atoms. The Hall–Kier alpha value is -3.66. The molecular formula is C34H42N4O5. The molecule has 1 aromatic heterocycles. The molecule has 2 fully saturated rings. The number of aromatic nitrogens is 1. The number of aromatic amines is 1. The van der Waals surface area contributed by atoms with E-state index in [-0.39, 0.29) is 18.0 Å². The Morgan fingerprint density at radius 2 is 1.67 bits per heavy atom. The number of benzene rings is 2. The molecule has 43 heavy (non-hydrogen) atoms. The van der Waals surface area contributed by atoms with Gasteiger partial charge in [0, 0.05) is 63.2 Å². The van der Waals surface area contributed by atoms with Crippen LogP contribution in [0.4, 0.5) is 5.69 Å². The number of ether oxygens (including phenoxy) is 3. The SMILES string of the molecule is Cc1cc(C)c(CNC(=O)c2cc(-c3ccc(CN4CCOCC4)cc3)cc3c2OCCCN3C2CCOCC2)c(=O)[nH]1. The minimum atomic E-state index is -0.254. The van der Waals surface area contributed by atoms with Crippen LogP contribution in [0.3, 0.4) is 0 Å². The zero-order valence-electron chi connectivity index (χ0n) is 25.2. The largest absolute Gasteiger partial charge is 0.490 e. The molecule has 6 rings (SSSR count). The normalized spacial score (nSPS) is 18.0. The summed E-state index contributed by atoms with van der Waals surface area (Å²) in [7, 11) is 0. The van der Waals surface area contributed by atoms with Crippen molar-refractivity contribution in [2.24, 2.45) is 0 Å². The van der Waals surface area contributed by atoms with Crippen molar-refractivity contribution in [3.63, 3.8) is 0 Å². The number of hydrogen-bond acceptors (Lipinski definition) is 7. The number of rotatable bonds is 7. The fourth-order valence-electron chi connectivity index (χ4n) is 6.40. The third-order valence-corrected chi connectivity index (χ3v) is 8.76. The van der Waals surface area contributed by atoms with Gasteiger partial charge >= 0.3 is 0 Å². The molecule has 0 saturated carbocycles. The molecule has 0 aliphatic carbocycles. The number of pyridine rings is 1. The third kappa shape index (κ3) is 6.79. The molecule has 0 unspecified atom stereocenters. The van der Waals surface area contributed by atoms with E-state index in [2.05, 4.69) is 50.4 Å². The van der Waals surface area contributed by atoms with E-state index in [1.807, 2.05) is 26.0 Å². The van der Waals surface area contributed by atoms with Gasteiger partial charge in [0.2, 0.25) is 0 Å². The summed E-state index contributed by atoms with van der Waals surface area (Å²) in [5.74, 6) is 0.360. The number of aryl methyl sites for hydroxylation is 2. The molecular weight excluding hydrogens is 544 g/mol. The van der Waals surface area contributed by atoms with Gasteiger partial charge in [-0.2, -0.15) is 0 Å². The average Bonchev–Trinajstić information content (AvgIpc) is 3.24. The summed E-state index contributed by atoms with van der Waals surface area (Å²) in [5, 5.41) is 3.02. The summed E-state index contributed by atoms with van der Waals surface area (Å²) in [5.41, 5.74) is 6.74. The van der Waals surface area contributed by atoms with Crippen molar-refractivity contribution in [1.29, 1.82) is 0 Å². The lowest BCUT2D eigenvalue weighted by Crippen LogP contribution is -2.40. The zero-order chi connectivity index (χ0) is 29.8. The Balaban J connectivity index is 1.34. The highest BCUT2D eigenvalue weighted by Gasteiger charge is 2.30. The molecule has 4 heterocycles. The van der Waals surface area contributed by atoms with Crippen LogP contribution in [-0.4, -0.2) is 74.5 Å². The summed E-state index contributed by atoms with van der Waals surface area (Å²) >= 11 is 0. The van der Waals surface area contributed by atoms with Crippen molar-refractivity contribution < 1.29 is 19.0 Å². The molecule has 2 saturated heterocycles. The molecule has 3 aliphatic heterocycles. The van der Waals surface area contributed by atoms with Gasteiger partial charge in [-0.25, -0.2) is 0 Å². The van der Waals surface area contributed by atoms with Crippen LogP contribution in [0.15, 0.2) is 47.3 Å². The van der Waals surface area contributed by atoms with Gasteiger partial charge in [-0.05, 0) is 73.6 Å². The third-order valence-electron chi connectivity index (χ3n) is 8.76. The second-order valence-electron chi connectivity index (χ2n) is 11.8. The van der Waals surface area contributed by atoms with Gasteiger partial charge in [0.1, 0.15) is 0 Å². The van der Waals surface area contributed by atoms with Crippen LogP contribution >= 0.6 is 0 Å². The van der Waals surface area contributed by atoms with E-state index >= 15 is 0 Å². The smallest absolute Gasteiger partial charge is 0.255 e. The average molecular weight is 587 g/mol. The van der Waals surface area contributed by atoms with Gasteiger partial charge in [-0.15, -0.1) is 0 Å². The predicted molar refractivity (Wildman–Crippen MR) is 167 cm³/mol. The number of H-pyrrole nitrogens is 1. The molecule has 2 N–H and O–H groups in total. The van der Waals surface area contributed by atoms with Gasteiger partial charge in [-0.1, -0.05) is 24.3 Å². The Morgan fingerprint density at radius 1 is 0.930 bits per heavy atom. The van der Waals surface area contributed by atoms with Gasteiger partial charge in [0.15, 0.2) is 5.75 Å². The Morgan fingerprint density at radius 3 is 2.42 bits per heavy atom. The number of anilines is 1. The first-order valence-electron chi connectivity index (χ1n) is 15.5. The monoisotopic (exact) mass is 586 g/mol. The van der Waals surface area contributed by atoms with E-state index in [1.165, 1.54) is 5.56 Å². The van der Waals surface area contributed by atoms with E-state index in [0.29, 0.717) is 29.5 Å². The number of fused-ring (bicyclic) bond motifs is 1. The lowest BCUT2D eigenvalue weighted by Gasteiger charge is -2.36. The number of morpholine rings is 1. The Bertz CT molecular complexity index is 1490. The first-order valence-corrected chi connectivity index (χ1v) is 15.5. The molecule has 0 spiro atoms. The van der Waals surface area contributed by atoms with Gasteiger partial charge in [-0.3, -0.25) is 14.5 Å². The molecule has 2 aromatic carbocycles. The highest BCUT2D eigenvalue weighted by Crippen LogP contribution is 2.41. The van der Waals surface area contributed by atoms with Crippen molar-refractivity contribution in [3.8, 4) is 16.9 Å². The fourth-order valence-corrected chi connectivity index (χ4v) is 6.40. The lowest BCUT2D eigenvalue weighted by molar-refractivity contribution is 0.0342. The highest BCUT2D eigenvalue weighted by molar-refractivity contribution is 6.00. The van der Waals surface area contributed by atoms with Crippen LogP contribution in [0.2, 0.25) is 0 Å². The highest BCUT2D eigenvalue weighted by atomic mass is 16.5. The number of hydrogen-bond donors (Lipinski definition) is 2. The van der Waals surface area contributed by atoms with Crippen molar-refractivity contribution >= 4 is 11.6 Å². The second-order valence-corrected chi connectivity index (χ2v) is 11.8. The maximum absolute atomic E-state index is 13.9. The Kier molecular flexibility index (Phi) is 9.11. The molecule has 3 aromatic rings. The summed E-state index contributed by atoms with van der Waals surface area (Å²) in [6, 6.07) is 15.0. The van der Waals surface area contributed by atoms with Crippen LogP contribution in [0.5, 0.6) is 5.75 Å². The standard InChI is InChI=1S/C34H42N4O5/c1-23-18-24(2)36-34(40)30(23)21-35-33(39)29-19-27(26-6-4-25(5-7-26)22-37-11-16-42-17-12-37)20-31-32(29)43-13-3-10-38(31)28-8-14-41-15-9-28/h4-7,18-20,28H,3,8-17,21-22H2,1-2H3,(H,35,39)(H,36,40). The number of nitrogens with one attached hydrogen (secondary N) is 2. The van der Waals surface area contributed by atoms with E-state index < -0.39 is 0 Å². The second kappa shape index (κ2) is 13.3. The maximum atomic E-state index is 13.9. The van der Waals surface area contributed by atoms with Gasteiger partial charge in [0.05, 0.1) is 31.1 Å². The number of amides is 1. The number of nitrogens with zero attached hydrogens (tertiary/aromatic N) is 2. The predicted octanol–water partition coefficient (Wildman–Crippen LogP) is 4.19. The summed E-state index contributed by atoms with van der Waals surface area (Å²) in [6.07, 6.45) is 2.75. The van der Waals surface area contributed by atoms with E-state index in [9.17, 15) is 9.59 Å². The van der Waals surface area contributed by atoms with Crippen molar-refractivity contribution in [3.05, 3.63) is 80.8 Å². The van der Waals surface area contributed by atoms with Crippen LogP contribution in [0.1, 0.15) is 52.0 Å². The summed E-state index contributed by atoms with van der Waals surface area (Å²) in [4.78, 5) is 34.2.